The van der Waals surface area contributed by atoms with Crippen LogP contribution in [0.4, 0.5) is 5.69 Å². The average Bonchev–Trinajstić information content (AvgIpc) is 3.31. The number of para-hydroxylation sites is 1. The van der Waals surface area contributed by atoms with Gasteiger partial charge in [-0.3, -0.25) is 14.4 Å². The molecule has 0 unspecified atom stereocenters. The Morgan fingerprint density at radius 1 is 1.11 bits per heavy atom. The van der Waals surface area contributed by atoms with Crippen molar-refractivity contribution < 1.29 is 23.7 Å². The van der Waals surface area contributed by atoms with Crippen LogP contribution in [-0.4, -0.2) is 54.8 Å². The summed E-state index contributed by atoms with van der Waals surface area (Å²) in [6.45, 7) is 4.25. The predicted molar refractivity (Wildman–Crippen MR) is 97.4 cm³/mol. The molecule has 0 bridgehead atoms. The summed E-state index contributed by atoms with van der Waals surface area (Å²) >= 11 is 0. The molecule has 3 heterocycles. The predicted octanol–water partition coefficient (Wildman–Crippen LogP) is 0.261. The Balaban J connectivity index is 1.43. The summed E-state index contributed by atoms with van der Waals surface area (Å²) in [5.41, 5.74) is 1.57. The number of carbonyl (C=O) groups excluding carboxylic acids is 3. The van der Waals surface area contributed by atoms with Crippen LogP contribution < -0.4 is 9.80 Å². The van der Waals surface area contributed by atoms with E-state index in [1.165, 1.54) is 11.2 Å². The van der Waals surface area contributed by atoms with Crippen molar-refractivity contribution in [3.05, 3.63) is 54.0 Å². The molecule has 1 atom stereocenters. The molecular formula is C20H22N3O4+. The summed E-state index contributed by atoms with van der Waals surface area (Å²) in [4.78, 5) is 42.0. The van der Waals surface area contributed by atoms with Gasteiger partial charge in [0.2, 0.25) is 5.91 Å². The van der Waals surface area contributed by atoms with Crippen molar-refractivity contribution in [1.82, 2.24) is 4.90 Å². The van der Waals surface area contributed by atoms with E-state index in [0.29, 0.717) is 37.6 Å². The molecule has 2 aliphatic heterocycles. The van der Waals surface area contributed by atoms with Gasteiger partial charge in [0.05, 0.1) is 44.6 Å². The van der Waals surface area contributed by atoms with Crippen molar-refractivity contribution in [3.63, 3.8) is 0 Å². The maximum absolute atomic E-state index is 13.0. The van der Waals surface area contributed by atoms with E-state index in [2.05, 4.69) is 0 Å². The highest BCUT2D eigenvalue weighted by Crippen LogP contribution is 2.25. The molecule has 0 aliphatic carbocycles. The largest absolute Gasteiger partial charge is 0.459 e. The maximum Gasteiger partial charge on any atom is 0.292 e. The molecule has 7 heteroatoms. The summed E-state index contributed by atoms with van der Waals surface area (Å²) in [5.74, 6) is -0.0956. The lowest BCUT2D eigenvalue weighted by molar-refractivity contribution is -0.918. The molecule has 1 aromatic heterocycles. The topological polar surface area (TPSA) is 75.3 Å². The number of carbonyl (C=O) groups is 3. The average molecular weight is 368 g/mol. The smallest absolute Gasteiger partial charge is 0.292 e. The monoisotopic (exact) mass is 368 g/mol. The molecule has 2 fully saturated rings. The summed E-state index contributed by atoms with van der Waals surface area (Å²) in [6.07, 6.45) is 1.70. The zero-order valence-corrected chi connectivity index (χ0v) is 15.2. The number of anilines is 1. The van der Waals surface area contributed by atoms with E-state index in [9.17, 15) is 14.4 Å². The second-order valence-corrected chi connectivity index (χ2v) is 7.04. The Bertz CT molecular complexity index is 869. The van der Waals surface area contributed by atoms with E-state index in [1.54, 1.807) is 17.0 Å². The van der Waals surface area contributed by atoms with Crippen LogP contribution in [0.5, 0.6) is 0 Å². The van der Waals surface area contributed by atoms with Gasteiger partial charge in [-0.1, -0.05) is 18.2 Å². The first-order chi connectivity index (χ1) is 13.1. The Morgan fingerprint density at radius 2 is 1.85 bits per heavy atom. The number of nitrogens with zero attached hydrogens (tertiary/aromatic N) is 2. The molecule has 0 radical (unpaired) electrons. The molecule has 3 amide bonds. The molecule has 27 heavy (non-hydrogen) atoms. The Kier molecular flexibility index (Phi) is 4.53. The van der Waals surface area contributed by atoms with Crippen LogP contribution in [0.25, 0.3) is 0 Å². The summed E-state index contributed by atoms with van der Waals surface area (Å²) in [6, 6.07) is 10.4. The van der Waals surface area contributed by atoms with E-state index in [0.717, 1.165) is 10.5 Å². The minimum absolute atomic E-state index is 0.130. The van der Waals surface area contributed by atoms with E-state index >= 15 is 0 Å². The van der Waals surface area contributed by atoms with Crippen molar-refractivity contribution in [3.8, 4) is 0 Å². The van der Waals surface area contributed by atoms with Gasteiger partial charge in [-0.15, -0.1) is 0 Å². The normalized spacial score (nSPS) is 21.1. The summed E-state index contributed by atoms with van der Waals surface area (Å²) in [5, 5.41) is 0. The zero-order chi connectivity index (χ0) is 19.0. The highest BCUT2D eigenvalue weighted by molar-refractivity contribution is 6.22. The van der Waals surface area contributed by atoms with E-state index in [1.807, 2.05) is 31.2 Å². The number of amides is 3. The van der Waals surface area contributed by atoms with Crippen LogP contribution in [0.3, 0.4) is 0 Å². The highest BCUT2D eigenvalue weighted by Gasteiger charge is 2.47. The van der Waals surface area contributed by atoms with Crippen LogP contribution in [0.1, 0.15) is 22.5 Å². The lowest BCUT2D eigenvalue weighted by atomic mass is 10.1. The van der Waals surface area contributed by atoms with Crippen LogP contribution >= 0.6 is 0 Å². The number of nitrogens with one attached hydrogen (secondary N) is 1. The fourth-order valence-electron chi connectivity index (χ4n) is 3.92. The number of hydrogen-bond donors (Lipinski definition) is 1. The number of benzene rings is 1. The molecule has 1 aromatic carbocycles. The van der Waals surface area contributed by atoms with Gasteiger partial charge in [0.25, 0.3) is 11.8 Å². The first kappa shape index (κ1) is 17.5. The number of rotatable bonds is 3. The fraction of sp³-hybridized carbons (Fsp3) is 0.350. The first-order valence-corrected chi connectivity index (χ1v) is 9.16. The molecule has 2 aliphatic rings. The number of furan rings is 1. The SMILES string of the molecule is Cc1ccccc1N1C(=O)C[C@@H]([NH+]2CCN(C(=O)c3ccco3)CC2)C1=O. The molecule has 0 spiro atoms. The Hall–Kier alpha value is -2.93. The van der Waals surface area contributed by atoms with Gasteiger partial charge < -0.3 is 14.2 Å². The van der Waals surface area contributed by atoms with Gasteiger partial charge >= 0.3 is 0 Å². The lowest BCUT2D eigenvalue weighted by Crippen LogP contribution is -3.19. The number of imide groups is 1. The quantitative estimate of drug-likeness (QED) is 0.789. The first-order valence-electron chi connectivity index (χ1n) is 9.16. The van der Waals surface area contributed by atoms with Gasteiger partial charge in [-0.2, -0.15) is 0 Å². The van der Waals surface area contributed by atoms with Crippen molar-refractivity contribution in [1.29, 1.82) is 0 Å². The number of aryl methyl sites for hydroxylation is 1. The Labute approximate surface area is 157 Å². The van der Waals surface area contributed by atoms with Gasteiger partial charge in [0.1, 0.15) is 0 Å². The molecule has 140 valence electrons. The van der Waals surface area contributed by atoms with Gasteiger partial charge in [-0.25, -0.2) is 4.90 Å². The molecule has 1 N–H and O–H groups in total. The minimum Gasteiger partial charge on any atom is -0.459 e. The summed E-state index contributed by atoms with van der Waals surface area (Å²) in [7, 11) is 0. The minimum atomic E-state index is -0.377. The lowest BCUT2D eigenvalue weighted by Gasteiger charge is -2.34. The number of piperazine rings is 1. The van der Waals surface area contributed by atoms with Crippen LogP contribution in [-0.2, 0) is 9.59 Å². The van der Waals surface area contributed by atoms with Crippen molar-refractivity contribution in [2.75, 3.05) is 31.1 Å². The van der Waals surface area contributed by atoms with Crippen molar-refractivity contribution >= 4 is 23.4 Å². The van der Waals surface area contributed by atoms with Crippen molar-refractivity contribution in [2.45, 2.75) is 19.4 Å². The maximum atomic E-state index is 13.0. The second kappa shape index (κ2) is 7.00. The van der Waals surface area contributed by atoms with E-state index in [-0.39, 0.29) is 30.2 Å². The van der Waals surface area contributed by atoms with Crippen LogP contribution in [0, 0.1) is 6.92 Å². The van der Waals surface area contributed by atoms with Crippen molar-refractivity contribution in [2.24, 2.45) is 0 Å². The summed E-state index contributed by atoms with van der Waals surface area (Å²) < 4.78 is 5.18. The Morgan fingerprint density at radius 3 is 2.52 bits per heavy atom. The third kappa shape index (κ3) is 3.14. The molecule has 2 saturated heterocycles. The van der Waals surface area contributed by atoms with Gasteiger partial charge in [-0.05, 0) is 30.7 Å². The van der Waals surface area contributed by atoms with E-state index < -0.39 is 0 Å². The molecule has 7 nitrogen and oxygen atoms in total. The van der Waals surface area contributed by atoms with Gasteiger partial charge in [0.15, 0.2) is 11.8 Å². The molecule has 2 aromatic rings. The third-order valence-electron chi connectivity index (χ3n) is 5.42. The zero-order valence-electron chi connectivity index (χ0n) is 15.2. The van der Waals surface area contributed by atoms with E-state index in [4.69, 9.17) is 4.42 Å². The van der Waals surface area contributed by atoms with Crippen LogP contribution in [0.15, 0.2) is 47.1 Å². The number of quaternary nitrogens is 1. The third-order valence-corrected chi connectivity index (χ3v) is 5.42. The highest BCUT2D eigenvalue weighted by atomic mass is 16.3. The van der Waals surface area contributed by atoms with Crippen LogP contribution in [0.2, 0.25) is 0 Å². The standard InChI is InChI=1S/C20H21N3O4/c1-14-5-2-3-6-15(14)23-18(24)13-16(19(23)25)21-8-10-22(11-9-21)20(26)17-7-4-12-27-17/h2-7,12,16H,8-11,13H2,1H3/p+1/t16-/m1/s1. The molecule has 4 rings (SSSR count). The molecular weight excluding hydrogens is 346 g/mol. The molecule has 0 saturated carbocycles. The second-order valence-electron chi connectivity index (χ2n) is 7.04. The number of hydrogen-bond acceptors (Lipinski definition) is 4. The fourth-order valence-corrected chi connectivity index (χ4v) is 3.92. The van der Waals surface area contributed by atoms with Gasteiger partial charge in [0, 0.05) is 0 Å².